The molecule has 17 heteroatoms. The molecule has 3 saturated heterocycles. The van der Waals surface area contributed by atoms with Gasteiger partial charge in [0.1, 0.15) is 48.8 Å². The fraction of sp³-hybridized carbons (Fsp3) is 1.00. The molecule has 5 N–H and O–H groups in total. The molecule has 0 spiro atoms. The zero-order valence-electron chi connectivity index (χ0n) is 20.4. The summed E-state index contributed by atoms with van der Waals surface area (Å²) in [7, 11) is -1.31. The molecule has 0 saturated carbocycles. The number of hydrogen-bond acceptors (Lipinski definition) is 16. The van der Waals surface area contributed by atoms with Gasteiger partial charge in [-0.3, -0.25) is 9.09 Å². The number of aliphatic hydroxyl groups is 5. The molecular formula is C19H34O16P-. The Morgan fingerprint density at radius 1 is 0.833 bits per heavy atom. The van der Waals surface area contributed by atoms with Crippen molar-refractivity contribution in [1.29, 1.82) is 0 Å². The summed E-state index contributed by atoms with van der Waals surface area (Å²) in [6.45, 7) is 1.53. The Kier molecular flexibility index (Phi) is 9.55. The molecule has 13 atom stereocenters. The first-order valence-corrected chi connectivity index (χ1v) is 12.5. The van der Waals surface area contributed by atoms with Gasteiger partial charge in [-0.15, -0.1) is 0 Å². The second kappa shape index (κ2) is 11.4. The van der Waals surface area contributed by atoms with Crippen molar-refractivity contribution in [3.8, 4) is 0 Å². The minimum absolute atomic E-state index is 0.723. The average molecular weight is 549 g/mol. The summed E-state index contributed by atoms with van der Waals surface area (Å²) in [5, 5.41) is 49.6. The van der Waals surface area contributed by atoms with Crippen molar-refractivity contribution in [2.75, 3.05) is 34.5 Å². The first-order valence-electron chi connectivity index (χ1n) is 11.0. The third kappa shape index (κ3) is 5.65. The number of phosphoric ester groups is 1. The Morgan fingerprint density at radius 3 is 1.92 bits per heavy atom. The molecule has 0 amide bonds. The second-order valence-electron chi connectivity index (χ2n) is 8.78. The van der Waals surface area contributed by atoms with Crippen LogP contribution in [-0.4, -0.2) is 133 Å². The summed E-state index contributed by atoms with van der Waals surface area (Å²) in [6, 6.07) is 0. The highest BCUT2D eigenvalue weighted by atomic mass is 31.2. The van der Waals surface area contributed by atoms with Crippen molar-refractivity contribution in [2.24, 2.45) is 0 Å². The Balaban J connectivity index is 1.74. The maximum absolute atomic E-state index is 12.5. The summed E-state index contributed by atoms with van der Waals surface area (Å²) in [5.74, 6) is -3.00. The molecule has 0 aromatic carbocycles. The highest BCUT2D eigenvalue weighted by molar-refractivity contribution is 7.45. The Morgan fingerprint density at radius 2 is 1.39 bits per heavy atom. The van der Waals surface area contributed by atoms with E-state index in [1.807, 2.05) is 0 Å². The van der Waals surface area contributed by atoms with Gasteiger partial charge in [0.25, 0.3) is 7.82 Å². The van der Waals surface area contributed by atoms with Crippen LogP contribution in [0.1, 0.15) is 13.8 Å². The fourth-order valence-corrected chi connectivity index (χ4v) is 5.00. The van der Waals surface area contributed by atoms with E-state index >= 15 is 0 Å². The van der Waals surface area contributed by atoms with Gasteiger partial charge in [-0.1, -0.05) is 0 Å². The third-order valence-electron chi connectivity index (χ3n) is 6.65. The monoisotopic (exact) mass is 549 g/mol. The first-order chi connectivity index (χ1) is 16.8. The third-order valence-corrected chi connectivity index (χ3v) is 7.58. The average Bonchev–Trinajstić information content (AvgIpc) is 2.85. The van der Waals surface area contributed by atoms with Crippen LogP contribution >= 0.6 is 7.82 Å². The topological polar surface area (TPSA) is 224 Å². The van der Waals surface area contributed by atoms with Crippen molar-refractivity contribution < 1.29 is 77.2 Å². The largest absolute Gasteiger partial charge is 0.756 e. The van der Waals surface area contributed by atoms with Crippen molar-refractivity contribution in [1.82, 2.24) is 0 Å². The molecule has 3 heterocycles. The fourth-order valence-electron chi connectivity index (χ4n) is 4.18. The van der Waals surface area contributed by atoms with E-state index in [0.717, 1.165) is 0 Å². The van der Waals surface area contributed by atoms with Gasteiger partial charge in [0, 0.05) is 21.3 Å². The molecule has 0 aromatic rings. The lowest BCUT2D eigenvalue weighted by atomic mass is 9.94. The van der Waals surface area contributed by atoms with Crippen LogP contribution in [-0.2, 0) is 46.8 Å². The molecule has 3 aliphatic rings. The summed E-state index contributed by atoms with van der Waals surface area (Å²) in [6.07, 6.45) is -15.0. The zero-order valence-corrected chi connectivity index (χ0v) is 21.3. The van der Waals surface area contributed by atoms with Gasteiger partial charge < -0.3 is 68.1 Å². The summed E-state index contributed by atoms with van der Waals surface area (Å²) < 4.78 is 60.8. The lowest BCUT2D eigenvalue weighted by Gasteiger charge is -2.56. The summed E-state index contributed by atoms with van der Waals surface area (Å²) in [4.78, 5) is 12.5. The maximum Gasteiger partial charge on any atom is 0.270 e. The van der Waals surface area contributed by atoms with Crippen molar-refractivity contribution in [3.63, 3.8) is 0 Å². The molecule has 0 radical (unpaired) electrons. The number of phosphoric acid groups is 1. The number of fused-ring (bicyclic) bond motifs is 1. The molecule has 0 aliphatic carbocycles. The van der Waals surface area contributed by atoms with Gasteiger partial charge in [0.2, 0.25) is 11.6 Å². The molecule has 212 valence electrons. The lowest BCUT2D eigenvalue weighted by molar-refractivity contribution is -0.479. The van der Waals surface area contributed by atoms with Gasteiger partial charge >= 0.3 is 0 Å². The highest BCUT2D eigenvalue weighted by Gasteiger charge is 2.62. The number of methoxy groups -OCH3 is 3. The van der Waals surface area contributed by atoms with E-state index in [1.165, 1.54) is 35.2 Å². The standard InChI is InChI=1S/C19H35O16P/c1-18(28-4)19(2,29-5)34-15-13(24)16(27-3)32-9(14(15)33-18)7-30-36(25,26)35-17-12(23)11(22)10(21)8(6-20)31-17/h8-17,20-24H,6-7H2,1-5H3,(H,25,26)/p-1/t8-,9-,10-,11+,12+,13+,14-,15-,16-,17-,18+,19+/m1/s1. The van der Waals surface area contributed by atoms with E-state index in [9.17, 15) is 35.0 Å². The van der Waals surface area contributed by atoms with E-state index in [1.54, 1.807) is 0 Å². The predicted octanol–water partition coefficient (Wildman–Crippen LogP) is -3.47. The summed E-state index contributed by atoms with van der Waals surface area (Å²) >= 11 is 0. The molecule has 3 fully saturated rings. The molecule has 0 bridgehead atoms. The van der Waals surface area contributed by atoms with Crippen molar-refractivity contribution in [2.45, 2.75) is 86.8 Å². The van der Waals surface area contributed by atoms with Gasteiger partial charge in [0.05, 0.1) is 13.2 Å². The van der Waals surface area contributed by atoms with E-state index in [2.05, 4.69) is 0 Å². The van der Waals surface area contributed by atoms with E-state index in [4.69, 9.17) is 42.2 Å². The number of ether oxygens (including phenoxy) is 7. The molecule has 0 aromatic heterocycles. The Labute approximate surface area is 207 Å². The molecule has 16 nitrogen and oxygen atoms in total. The van der Waals surface area contributed by atoms with Crippen LogP contribution in [0.15, 0.2) is 0 Å². The van der Waals surface area contributed by atoms with Crippen LogP contribution in [0.5, 0.6) is 0 Å². The van der Waals surface area contributed by atoms with Crippen LogP contribution in [0.25, 0.3) is 0 Å². The number of rotatable bonds is 9. The number of aliphatic hydroxyl groups excluding tert-OH is 5. The quantitative estimate of drug-likeness (QED) is 0.176. The van der Waals surface area contributed by atoms with Gasteiger partial charge in [-0.25, -0.2) is 0 Å². The summed E-state index contributed by atoms with van der Waals surface area (Å²) in [5.41, 5.74) is 0. The Hall–Kier alpha value is -0.370. The SMILES string of the molecule is CO[C@@H]1O[C@H](COP(=O)([O-])O[C@H]2O[C@H](CO)[C@@H](O)[C@H](O)[C@@H]2O)[C@H]2O[C@](C)(OC)[C@@](C)(OC)O[C@@H]2[C@@H]1O. The molecule has 3 rings (SSSR count). The Bertz CT molecular complexity index is 787. The van der Waals surface area contributed by atoms with Gasteiger partial charge in [-0.05, 0) is 13.8 Å². The first kappa shape index (κ1) is 30.2. The van der Waals surface area contributed by atoms with Crippen LogP contribution in [0.4, 0.5) is 0 Å². The molecular weight excluding hydrogens is 515 g/mol. The minimum Gasteiger partial charge on any atom is -0.756 e. The lowest BCUT2D eigenvalue weighted by Crippen LogP contribution is -2.73. The van der Waals surface area contributed by atoms with Gasteiger partial charge in [0.15, 0.2) is 12.6 Å². The normalized spacial score (nSPS) is 49.3. The van der Waals surface area contributed by atoms with Crippen molar-refractivity contribution >= 4 is 7.82 Å². The molecule has 1 unspecified atom stereocenters. The minimum atomic E-state index is -5.25. The number of hydrogen-bond donors (Lipinski definition) is 5. The van der Waals surface area contributed by atoms with Crippen LogP contribution in [0.2, 0.25) is 0 Å². The second-order valence-corrected chi connectivity index (χ2v) is 10.1. The zero-order chi connectivity index (χ0) is 27.1. The molecule has 3 aliphatic heterocycles. The van der Waals surface area contributed by atoms with Crippen LogP contribution in [0, 0.1) is 0 Å². The van der Waals surface area contributed by atoms with E-state index in [0.29, 0.717) is 0 Å². The highest BCUT2D eigenvalue weighted by Crippen LogP contribution is 2.46. The molecule has 36 heavy (non-hydrogen) atoms. The van der Waals surface area contributed by atoms with Crippen LogP contribution in [0.3, 0.4) is 0 Å². The van der Waals surface area contributed by atoms with Crippen LogP contribution < -0.4 is 4.89 Å². The van der Waals surface area contributed by atoms with Gasteiger partial charge in [-0.2, -0.15) is 0 Å². The maximum atomic E-state index is 12.5. The van der Waals surface area contributed by atoms with E-state index in [-0.39, 0.29) is 0 Å². The predicted molar refractivity (Wildman–Crippen MR) is 111 cm³/mol. The van der Waals surface area contributed by atoms with Crippen molar-refractivity contribution in [3.05, 3.63) is 0 Å². The smallest absolute Gasteiger partial charge is 0.270 e. The van der Waals surface area contributed by atoms with E-state index < -0.39 is 94.0 Å².